The first-order valence-electron chi connectivity index (χ1n) is 7.70. The summed E-state index contributed by atoms with van der Waals surface area (Å²) in [5.41, 5.74) is -0.0793. The quantitative estimate of drug-likeness (QED) is 0.836. The minimum Gasteiger partial charge on any atom is -0.493 e. The molecule has 4 heteroatoms. The van der Waals surface area contributed by atoms with Gasteiger partial charge in [-0.1, -0.05) is 41.9 Å². The van der Waals surface area contributed by atoms with Gasteiger partial charge in [-0.3, -0.25) is 0 Å². The maximum absolute atomic E-state index is 11.1. The van der Waals surface area contributed by atoms with Crippen LogP contribution >= 0.6 is 11.6 Å². The summed E-state index contributed by atoms with van der Waals surface area (Å²) < 4.78 is 5.89. The lowest BCUT2D eigenvalue weighted by atomic mass is 9.83. The fraction of sp³-hybridized carbons (Fsp3) is 0.368. The number of nitrogens with zero attached hydrogens (tertiary/aromatic N) is 1. The van der Waals surface area contributed by atoms with Gasteiger partial charge in [0.25, 0.3) is 0 Å². The van der Waals surface area contributed by atoms with Crippen LogP contribution in [0.5, 0.6) is 5.75 Å². The predicted octanol–water partition coefficient (Wildman–Crippen LogP) is 3.80. The lowest BCUT2D eigenvalue weighted by Gasteiger charge is -2.35. The zero-order chi connectivity index (χ0) is 16.9. The lowest BCUT2D eigenvalue weighted by molar-refractivity contribution is -0.0340. The van der Waals surface area contributed by atoms with Crippen LogP contribution in [-0.4, -0.2) is 37.3 Å². The van der Waals surface area contributed by atoms with Crippen molar-refractivity contribution < 1.29 is 9.84 Å². The maximum Gasteiger partial charge on any atom is 0.119 e. The van der Waals surface area contributed by atoms with Crippen LogP contribution in [0.3, 0.4) is 0 Å². The van der Waals surface area contributed by atoms with E-state index in [1.165, 1.54) is 0 Å². The van der Waals surface area contributed by atoms with Gasteiger partial charge in [0.1, 0.15) is 5.75 Å². The first kappa shape index (κ1) is 17.8. The van der Waals surface area contributed by atoms with Gasteiger partial charge in [-0.2, -0.15) is 0 Å². The molecule has 0 aliphatic heterocycles. The summed E-state index contributed by atoms with van der Waals surface area (Å²) in [6.45, 7) is 2.99. The molecule has 2 rings (SSSR count). The molecule has 0 amide bonds. The Bertz CT molecular complexity index is 597. The van der Waals surface area contributed by atoms with Gasteiger partial charge in [0.2, 0.25) is 0 Å². The molecule has 0 fully saturated rings. The van der Waals surface area contributed by atoms with E-state index in [1.807, 2.05) is 63.5 Å². The Morgan fingerprint density at radius 2 is 1.70 bits per heavy atom. The lowest BCUT2D eigenvalue weighted by Crippen LogP contribution is -2.41. The van der Waals surface area contributed by atoms with E-state index < -0.39 is 5.60 Å². The van der Waals surface area contributed by atoms with E-state index in [-0.39, 0.29) is 5.92 Å². The van der Waals surface area contributed by atoms with Crippen LogP contribution in [0.1, 0.15) is 12.5 Å². The predicted molar refractivity (Wildman–Crippen MR) is 95.0 cm³/mol. The molecule has 0 radical (unpaired) electrons. The Balaban J connectivity index is 2.14. The van der Waals surface area contributed by atoms with Crippen LogP contribution in [0, 0.1) is 5.92 Å². The molecule has 0 aromatic heterocycles. The number of aliphatic hydroxyl groups is 1. The van der Waals surface area contributed by atoms with Crippen molar-refractivity contribution in [3.63, 3.8) is 0 Å². The van der Waals surface area contributed by atoms with Gasteiger partial charge >= 0.3 is 0 Å². The van der Waals surface area contributed by atoms with Crippen LogP contribution in [0.15, 0.2) is 54.6 Å². The van der Waals surface area contributed by atoms with Gasteiger partial charge in [0.15, 0.2) is 0 Å². The zero-order valence-corrected chi connectivity index (χ0v) is 14.6. The summed E-state index contributed by atoms with van der Waals surface area (Å²) in [5, 5.41) is 11.8. The molecule has 2 aromatic rings. The second-order valence-electron chi connectivity index (χ2n) is 6.24. The van der Waals surface area contributed by atoms with Gasteiger partial charge in [0, 0.05) is 17.5 Å². The van der Waals surface area contributed by atoms with Gasteiger partial charge in [0.05, 0.1) is 12.2 Å². The van der Waals surface area contributed by atoms with E-state index in [1.54, 1.807) is 12.1 Å². The Hall–Kier alpha value is -1.55. The number of ether oxygens (including phenoxy) is 1. The van der Waals surface area contributed by atoms with Crippen molar-refractivity contribution in [3.8, 4) is 5.75 Å². The number of rotatable bonds is 7. The Labute approximate surface area is 143 Å². The first-order chi connectivity index (χ1) is 10.9. The van der Waals surface area contributed by atoms with Crippen LogP contribution in [0.2, 0.25) is 5.02 Å². The van der Waals surface area contributed by atoms with Crippen molar-refractivity contribution in [2.24, 2.45) is 5.92 Å². The molecule has 0 spiro atoms. The minimum absolute atomic E-state index is 0.0735. The van der Waals surface area contributed by atoms with Gasteiger partial charge in [-0.25, -0.2) is 0 Å². The standard InChI is InChI=1S/C19H24ClNO2/c1-19(22,15-7-5-4-6-8-15)16(13-21(2)3)14-23-18-11-9-17(20)10-12-18/h4-12,16,22H,13-14H2,1-3H3. The van der Waals surface area contributed by atoms with Crippen molar-refractivity contribution in [1.29, 1.82) is 0 Å². The molecule has 0 bridgehead atoms. The summed E-state index contributed by atoms with van der Waals surface area (Å²) >= 11 is 5.89. The summed E-state index contributed by atoms with van der Waals surface area (Å²) in [5.74, 6) is 0.678. The van der Waals surface area contributed by atoms with Gasteiger partial charge < -0.3 is 14.7 Å². The van der Waals surface area contributed by atoms with Crippen LogP contribution in [0.25, 0.3) is 0 Å². The van der Waals surface area contributed by atoms with Crippen molar-refractivity contribution >= 4 is 11.6 Å². The summed E-state index contributed by atoms with van der Waals surface area (Å²) in [7, 11) is 3.99. The molecule has 3 nitrogen and oxygen atoms in total. The Morgan fingerprint density at radius 1 is 1.09 bits per heavy atom. The molecule has 0 aliphatic rings. The third-order valence-electron chi connectivity index (χ3n) is 4.00. The third-order valence-corrected chi connectivity index (χ3v) is 4.26. The van der Waals surface area contributed by atoms with Gasteiger partial charge in [-0.05, 0) is 50.8 Å². The van der Waals surface area contributed by atoms with Crippen LogP contribution < -0.4 is 4.74 Å². The molecule has 124 valence electrons. The summed E-state index contributed by atoms with van der Waals surface area (Å²) in [6, 6.07) is 17.0. The fourth-order valence-electron chi connectivity index (χ4n) is 2.57. The van der Waals surface area contributed by atoms with Crippen LogP contribution in [-0.2, 0) is 5.60 Å². The monoisotopic (exact) mass is 333 g/mol. The fourth-order valence-corrected chi connectivity index (χ4v) is 2.70. The first-order valence-corrected chi connectivity index (χ1v) is 8.08. The topological polar surface area (TPSA) is 32.7 Å². The van der Waals surface area contributed by atoms with Crippen molar-refractivity contribution in [2.45, 2.75) is 12.5 Å². The average Bonchev–Trinajstić information content (AvgIpc) is 2.53. The molecule has 1 N–H and O–H groups in total. The molecule has 0 aliphatic carbocycles. The minimum atomic E-state index is -0.974. The van der Waals surface area contributed by atoms with E-state index in [0.717, 1.165) is 17.9 Å². The highest BCUT2D eigenvalue weighted by atomic mass is 35.5. The van der Waals surface area contributed by atoms with Crippen molar-refractivity contribution in [2.75, 3.05) is 27.2 Å². The maximum atomic E-state index is 11.1. The average molecular weight is 334 g/mol. The van der Waals surface area contributed by atoms with Crippen LogP contribution in [0.4, 0.5) is 0 Å². The van der Waals surface area contributed by atoms with Crippen molar-refractivity contribution in [3.05, 3.63) is 65.2 Å². The highest BCUT2D eigenvalue weighted by Gasteiger charge is 2.34. The molecule has 2 aromatic carbocycles. The number of halogens is 1. The highest BCUT2D eigenvalue weighted by molar-refractivity contribution is 6.30. The number of hydrogen-bond donors (Lipinski definition) is 1. The molecule has 2 atom stereocenters. The number of benzene rings is 2. The molecule has 0 saturated heterocycles. The zero-order valence-electron chi connectivity index (χ0n) is 13.9. The number of hydrogen-bond acceptors (Lipinski definition) is 3. The molecule has 23 heavy (non-hydrogen) atoms. The van der Waals surface area contributed by atoms with E-state index in [0.29, 0.717) is 11.6 Å². The smallest absolute Gasteiger partial charge is 0.119 e. The molecule has 2 unspecified atom stereocenters. The third kappa shape index (κ3) is 4.96. The van der Waals surface area contributed by atoms with Gasteiger partial charge in [-0.15, -0.1) is 0 Å². The van der Waals surface area contributed by atoms with E-state index in [2.05, 4.69) is 4.90 Å². The second kappa shape index (κ2) is 7.82. The van der Waals surface area contributed by atoms with E-state index >= 15 is 0 Å². The normalized spacial score (nSPS) is 15.2. The molecule has 0 heterocycles. The highest BCUT2D eigenvalue weighted by Crippen LogP contribution is 2.30. The molecular weight excluding hydrogens is 310 g/mol. The Morgan fingerprint density at radius 3 is 2.26 bits per heavy atom. The Kier molecular flexibility index (Phi) is 6.05. The molecule has 0 saturated carbocycles. The largest absolute Gasteiger partial charge is 0.493 e. The summed E-state index contributed by atoms with van der Waals surface area (Å²) in [6.07, 6.45) is 0. The van der Waals surface area contributed by atoms with E-state index in [9.17, 15) is 5.11 Å². The van der Waals surface area contributed by atoms with Crippen molar-refractivity contribution in [1.82, 2.24) is 4.90 Å². The second-order valence-corrected chi connectivity index (χ2v) is 6.67. The summed E-state index contributed by atoms with van der Waals surface area (Å²) in [4.78, 5) is 2.06. The molecular formula is C19H24ClNO2. The SMILES string of the molecule is CN(C)CC(COc1ccc(Cl)cc1)C(C)(O)c1ccccc1. The van der Waals surface area contributed by atoms with E-state index in [4.69, 9.17) is 16.3 Å².